The molecular weight excluding hydrogens is 519 g/mol. The van der Waals surface area contributed by atoms with Gasteiger partial charge in [-0.05, 0) is 47.4 Å². The summed E-state index contributed by atoms with van der Waals surface area (Å²) in [5, 5.41) is 0.417. The molecule has 11 heteroatoms. The van der Waals surface area contributed by atoms with E-state index < -0.39 is 45.0 Å². The van der Waals surface area contributed by atoms with Crippen LogP contribution in [0.1, 0.15) is 27.9 Å². The van der Waals surface area contributed by atoms with Crippen molar-refractivity contribution >= 4 is 38.9 Å². The number of carbonyl (C=O) groups is 2. The lowest BCUT2D eigenvalue weighted by Gasteiger charge is -2.18. The van der Waals surface area contributed by atoms with Crippen LogP contribution in [0.5, 0.6) is 0 Å². The number of halogens is 3. The fourth-order valence-corrected chi connectivity index (χ4v) is 5.77. The van der Waals surface area contributed by atoms with Crippen molar-refractivity contribution in [2.45, 2.75) is 19.0 Å². The van der Waals surface area contributed by atoms with Gasteiger partial charge in [-0.1, -0.05) is 30.3 Å². The molecule has 1 aliphatic heterocycles. The van der Waals surface area contributed by atoms with Crippen molar-refractivity contribution in [1.29, 1.82) is 0 Å². The second-order valence-corrected chi connectivity index (χ2v) is 10.7. The zero-order valence-electron chi connectivity index (χ0n) is 19.9. The third-order valence-electron chi connectivity index (χ3n) is 6.52. The number of aldehydes is 1. The van der Waals surface area contributed by atoms with Crippen molar-refractivity contribution < 1.29 is 31.2 Å². The van der Waals surface area contributed by atoms with E-state index in [-0.39, 0.29) is 31.5 Å². The Morgan fingerprint density at radius 3 is 2.50 bits per heavy atom. The van der Waals surface area contributed by atoms with Gasteiger partial charge < -0.3 is 9.78 Å². The molecule has 38 heavy (non-hydrogen) atoms. The lowest BCUT2D eigenvalue weighted by atomic mass is 9.97. The molecule has 0 spiro atoms. The monoisotopic (exact) mass is 541 g/mol. The van der Waals surface area contributed by atoms with Crippen molar-refractivity contribution in [2.24, 2.45) is 0 Å². The molecule has 1 aliphatic rings. The normalized spacial score (nSPS) is 16.1. The number of benzene rings is 3. The van der Waals surface area contributed by atoms with Crippen LogP contribution in [0.3, 0.4) is 0 Å². The molecular formula is C27H22F3N3O4S. The van der Waals surface area contributed by atoms with Crippen LogP contribution in [-0.4, -0.2) is 49.0 Å². The Balaban J connectivity index is 1.49. The second-order valence-electron chi connectivity index (χ2n) is 8.99. The molecule has 1 saturated heterocycles. The molecule has 5 rings (SSSR count). The summed E-state index contributed by atoms with van der Waals surface area (Å²) in [5.41, 5.74) is 1.42. The molecule has 3 aromatic carbocycles. The number of H-pyrrole nitrogens is 1. The van der Waals surface area contributed by atoms with Crippen molar-refractivity contribution in [2.75, 3.05) is 17.8 Å². The molecule has 2 heterocycles. The van der Waals surface area contributed by atoms with Gasteiger partial charge in [-0.25, -0.2) is 13.2 Å². The van der Waals surface area contributed by atoms with Crippen LogP contribution in [0.2, 0.25) is 0 Å². The van der Waals surface area contributed by atoms with E-state index in [0.29, 0.717) is 10.9 Å². The molecule has 0 aliphatic carbocycles. The number of carbonyl (C=O) groups excluding carboxylic acids is 2. The summed E-state index contributed by atoms with van der Waals surface area (Å²) >= 11 is 0. The molecule has 0 amide bonds. The smallest absolute Gasteiger partial charge is 0.301 e. The fraction of sp³-hybridized carbons (Fsp3) is 0.185. The number of nitrogens with one attached hydrogen (secondary N) is 2. The number of hydrogen-bond acceptors (Lipinski definition) is 4. The minimum absolute atomic E-state index is 0.00274. The molecule has 4 aromatic rings. The van der Waals surface area contributed by atoms with Gasteiger partial charge in [0.15, 0.2) is 5.82 Å². The highest BCUT2D eigenvalue weighted by molar-refractivity contribution is 7.90. The molecule has 196 valence electrons. The average molecular weight is 542 g/mol. The standard InChI is InChI=1S/C27H22F3N3O4S/c28-19-9-11-33(15-19)38(36,37)32-24-8-6-22(29)25(26(24)30)27(35)21-14-31-23-7-5-18(13-20(21)23)17-3-1-16(2-4-17)10-12-34/h1-8,12-14,19,31-32H,9-11,15H2/t19-/m1/s1. The van der Waals surface area contributed by atoms with Crippen LogP contribution >= 0.6 is 0 Å². The molecule has 1 fully saturated rings. The van der Waals surface area contributed by atoms with Crippen LogP contribution < -0.4 is 4.72 Å². The van der Waals surface area contributed by atoms with Crippen LogP contribution in [0.15, 0.2) is 60.8 Å². The van der Waals surface area contributed by atoms with Crippen LogP contribution in [0, 0.1) is 11.6 Å². The van der Waals surface area contributed by atoms with Crippen LogP contribution in [0.4, 0.5) is 18.9 Å². The zero-order chi connectivity index (χ0) is 27.0. The number of anilines is 1. The number of alkyl halides is 1. The van der Waals surface area contributed by atoms with E-state index in [1.165, 1.54) is 6.20 Å². The van der Waals surface area contributed by atoms with Crippen LogP contribution in [-0.2, 0) is 21.4 Å². The molecule has 0 unspecified atom stereocenters. The van der Waals surface area contributed by atoms with Gasteiger partial charge in [0.1, 0.15) is 18.3 Å². The second kappa shape index (κ2) is 10.1. The Morgan fingerprint density at radius 2 is 1.82 bits per heavy atom. The van der Waals surface area contributed by atoms with Crippen LogP contribution in [0.25, 0.3) is 22.0 Å². The number of hydrogen-bond donors (Lipinski definition) is 2. The number of ketones is 1. The third-order valence-corrected chi connectivity index (χ3v) is 8.01. The van der Waals surface area contributed by atoms with Crippen molar-refractivity contribution in [3.8, 4) is 11.1 Å². The van der Waals surface area contributed by atoms with E-state index in [1.807, 2.05) is 35.1 Å². The highest BCUT2D eigenvalue weighted by Gasteiger charge is 2.33. The first-order valence-corrected chi connectivity index (χ1v) is 13.2. The molecule has 2 N–H and O–H groups in total. The Morgan fingerprint density at radius 1 is 1.08 bits per heavy atom. The number of aromatic nitrogens is 1. The number of rotatable bonds is 8. The van der Waals surface area contributed by atoms with Crippen molar-refractivity contribution in [3.63, 3.8) is 0 Å². The first-order valence-electron chi connectivity index (χ1n) is 11.8. The predicted molar refractivity (Wildman–Crippen MR) is 137 cm³/mol. The van der Waals surface area contributed by atoms with Gasteiger partial charge in [0.25, 0.3) is 0 Å². The van der Waals surface area contributed by atoms with Gasteiger partial charge in [-0.3, -0.25) is 9.52 Å². The predicted octanol–water partition coefficient (Wildman–Crippen LogP) is 4.79. The fourth-order valence-electron chi connectivity index (χ4n) is 4.50. The first-order chi connectivity index (χ1) is 18.2. The summed E-state index contributed by atoms with van der Waals surface area (Å²) in [5.74, 6) is -3.50. The van der Waals surface area contributed by atoms with E-state index in [0.717, 1.165) is 39.4 Å². The Bertz CT molecular complexity index is 1650. The van der Waals surface area contributed by atoms with Gasteiger partial charge in [0, 0.05) is 42.2 Å². The molecule has 0 bridgehead atoms. The summed E-state index contributed by atoms with van der Waals surface area (Å²) in [4.78, 5) is 27.0. The minimum Gasteiger partial charge on any atom is -0.360 e. The average Bonchev–Trinajstić information content (AvgIpc) is 3.53. The summed E-state index contributed by atoms with van der Waals surface area (Å²) in [6.45, 7) is -0.454. The van der Waals surface area contributed by atoms with E-state index in [9.17, 15) is 26.8 Å². The molecule has 7 nitrogen and oxygen atoms in total. The van der Waals surface area contributed by atoms with Gasteiger partial charge >= 0.3 is 10.2 Å². The Labute approximate surface area is 216 Å². The van der Waals surface area contributed by atoms with E-state index in [4.69, 9.17) is 0 Å². The minimum atomic E-state index is -4.31. The number of nitrogens with zero attached hydrogens (tertiary/aromatic N) is 1. The Hall–Kier alpha value is -3.96. The van der Waals surface area contributed by atoms with Gasteiger partial charge in [0.05, 0.1) is 11.3 Å². The topological polar surface area (TPSA) is 99.3 Å². The quantitative estimate of drug-likeness (QED) is 0.248. The zero-order valence-corrected chi connectivity index (χ0v) is 20.7. The van der Waals surface area contributed by atoms with Crippen molar-refractivity contribution in [1.82, 2.24) is 9.29 Å². The van der Waals surface area contributed by atoms with Gasteiger partial charge in [-0.2, -0.15) is 12.7 Å². The summed E-state index contributed by atoms with van der Waals surface area (Å²) < 4.78 is 71.7. The van der Waals surface area contributed by atoms with E-state index in [2.05, 4.69) is 4.98 Å². The maximum absolute atomic E-state index is 15.4. The van der Waals surface area contributed by atoms with Gasteiger partial charge in [-0.15, -0.1) is 0 Å². The largest absolute Gasteiger partial charge is 0.360 e. The lowest BCUT2D eigenvalue weighted by molar-refractivity contribution is -0.107. The number of fused-ring (bicyclic) bond motifs is 1. The lowest BCUT2D eigenvalue weighted by Crippen LogP contribution is -2.34. The van der Waals surface area contributed by atoms with E-state index in [1.54, 1.807) is 12.1 Å². The maximum Gasteiger partial charge on any atom is 0.301 e. The highest BCUT2D eigenvalue weighted by atomic mass is 32.2. The van der Waals surface area contributed by atoms with Crippen molar-refractivity contribution in [3.05, 3.63) is 89.1 Å². The third kappa shape index (κ3) is 4.82. The molecule has 1 aromatic heterocycles. The SMILES string of the molecule is O=CCc1ccc(-c2ccc3[nH]cc(C(=O)c4c(F)ccc(NS(=O)(=O)N5CC[C@@H](F)C5)c4F)c3c2)cc1. The molecule has 1 atom stereocenters. The maximum atomic E-state index is 15.4. The molecule has 0 saturated carbocycles. The first kappa shape index (κ1) is 25.7. The summed E-state index contributed by atoms with van der Waals surface area (Å²) in [7, 11) is -4.31. The summed E-state index contributed by atoms with van der Waals surface area (Å²) in [6.07, 6.45) is 1.12. The number of aromatic amines is 1. The van der Waals surface area contributed by atoms with E-state index >= 15 is 4.39 Å². The summed E-state index contributed by atoms with van der Waals surface area (Å²) in [6, 6.07) is 14.2. The molecule has 0 radical (unpaired) electrons. The Kier molecular flexibility index (Phi) is 6.80. The highest BCUT2D eigenvalue weighted by Crippen LogP contribution is 2.31. The van der Waals surface area contributed by atoms with Gasteiger partial charge in [0.2, 0.25) is 5.78 Å².